The molecule has 0 aliphatic rings. The lowest BCUT2D eigenvalue weighted by Gasteiger charge is -2.28. The van der Waals surface area contributed by atoms with Crippen molar-refractivity contribution in [2.75, 3.05) is 20.6 Å². The fourth-order valence-electron chi connectivity index (χ4n) is 1.37. The van der Waals surface area contributed by atoms with Crippen LogP contribution in [0, 0.1) is 0 Å². The summed E-state index contributed by atoms with van der Waals surface area (Å²) >= 11 is 0. The number of hydrogen-bond acceptors (Lipinski definition) is 0. The highest BCUT2D eigenvalue weighted by Gasteiger charge is 2.11. The molecular formula is C13H20ClN. The van der Waals surface area contributed by atoms with Gasteiger partial charge < -0.3 is 16.9 Å². The molecule has 0 bridgehead atoms. The van der Waals surface area contributed by atoms with Crippen molar-refractivity contribution in [1.29, 1.82) is 0 Å². The van der Waals surface area contributed by atoms with Gasteiger partial charge in [0.2, 0.25) is 0 Å². The quantitative estimate of drug-likeness (QED) is 0.630. The molecule has 15 heavy (non-hydrogen) atoms. The smallest absolute Gasteiger partial charge is 0.104 e. The molecule has 0 saturated carbocycles. The van der Waals surface area contributed by atoms with Crippen LogP contribution < -0.4 is 12.4 Å². The molecule has 0 unspecified atom stereocenters. The summed E-state index contributed by atoms with van der Waals surface area (Å²) in [4.78, 5) is 0. The van der Waals surface area contributed by atoms with Crippen molar-refractivity contribution in [3.05, 3.63) is 42.0 Å². The molecule has 1 nitrogen and oxygen atoms in total. The third-order valence-corrected chi connectivity index (χ3v) is 2.68. The molecule has 1 rings (SSSR count). The molecule has 0 fully saturated rings. The van der Waals surface area contributed by atoms with Crippen LogP contribution in [0.25, 0.3) is 6.08 Å². The van der Waals surface area contributed by atoms with Crippen molar-refractivity contribution in [3.8, 4) is 0 Å². The number of nitrogens with zero attached hydrogens (tertiary/aromatic N) is 1. The lowest BCUT2D eigenvalue weighted by molar-refractivity contribution is -0.901. The molecule has 0 N–H and O–H groups in total. The molecular weight excluding hydrogens is 206 g/mol. The first-order chi connectivity index (χ1) is 6.57. The zero-order valence-corrected chi connectivity index (χ0v) is 10.6. The van der Waals surface area contributed by atoms with E-state index in [2.05, 4.69) is 51.9 Å². The highest BCUT2D eigenvalue weighted by Crippen LogP contribution is 2.10. The Morgan fingerprint density at radius 1 is 1.20 bits per heavy atom. The molecule has 2 heteroatoms. The molecule has 0 aliphatic carbocycles. The Bertz CT molecular complexity index is 301. The van der Waals surface area contributed by atoms with Gasteiger partial charge in [-0.25, -0.2) is 0 Å². The van der Waals surface area contributed by atoms with Gasteiger partial charge in [0.05, 0.1) is 20.6 Å². The van der Waals surface area contributed by atoms with Crippen LogP contribution in [0.4, 0.5) is 0 Å². The van der Waals surface area contributed by atoms with Gasteiger partial charge >= 0.3 is 0 Å². The summed E-state index contributed by atoms with van der Waals surface area (Å²) < 4.78 is 1.04. The minimum atomic E-state index is 0. The minimum Gasteiger partial charge on any atom is -1.00 e. The molecule has 0 heterocycles. The number of hydrogen-bond donors (Lipinski definition) is 0. The highest BCUT2D eigenvalue weighted by molar-refractivity contribution is 5.47. The Hall–Kier alpha value is -0.790. The Morgan fingerprint density at radius 2 is 1.73 bits per heavy atom. The predicted molar refractivity (Wildman–Crippen MR) is 62.9 cm³/mol. The van der Waals surface area contributed by atoms with Crippen LogP contribution in [0.1, 0.15) is 18.1 Å². The van der Waals surface area contributed by atoms with E-state index in [1.165, 1.54) is 11.1 Å². The van der Waals surface area contributed by atoms with Crippen molar-refractivity contribution < 1.29 is 16.9 Å². The van der Waals surface area contributed by atoms with E-state index in [4.69, 9.17) is 0 Å². The number of halogens is 1. The van der Waals surface area contributed by atoms with E-state index >= 15 is 0 Å². The maximum absolute atomic E-state index is 3.75. The summed E-state index contributed by atoms with van der Waals surface area (Å²) in [5.41, 5.74) is 2.58. The van der Waals surface area contributed by atoms with Crippen LogP contribution >= 0.6 is 0 Å². The number of benzene rings is 1. The van der Waals surface area contributed by atoms with Crippen molar-refractivity contribution in [2.45, 2.75) is 13.5 Å². The predicted octanol–water partition coefficient (Wildman–Crippen LogP) is -0.0701. The van der Waals surface area contributed by atoms with E-state index in [0.29, 0.717) is 0 Å². The number of quaternary nitrogens is 1. The van der Waals surface area contributed by atoms with Crippen LogP contribution in [0.15, 0.2) is 30.8 Å². The summed E-state index contributed by atoms with van der Waals surface area (Å²) in [6.07, 6.45) is 1.88. The Balaban J connectivity index is 0.00000196. The van der Waals surface area contributed by atoms with Gasteiger partial charge in [-0.3, -0.25) is 0 Å². The van der Waals surface area contributed by atoms with Crippen LogP contribution in [0.2, 0.25) is 0 Å². The second kappa shape index (κ2) is 5.94. The second-order valence-corrected chi connectivity index (χ2v) is 4.36. The minimum absolute atomic E-state index is 0. The summed E-state index contributed by atoms with van der Waals surface area (Å²) in [5, 5.41) is 0. The maximum atomic E-state index is 3.75. The van der Waals surface area contributed by atoms with E-state index in [9.17, 15) is 0 Å². The van der Waals surface area contributed by atoms with Crippen LogP contribution in [-0.2, 0) is 6.54 Å². The zero-order valence-electron chi connectivity index (χ0n) is 9.83. The third-order valence-electron chi connectivity index (χ3n) is 2.68. The fourth-order valence-corrected chi connectivity index (χ4v) is 1.37. The average molecular weight is 226 g/mol. The van der Waals surface area contributed by atoms with Crippen molar-refractivity contribution >= 4 is 6.08 Å². The first-order valence-electron chi connectivity index (χ1n) is 5.11. The monoisotopic (exact) mass is 225 g/mol. The molecule has 0 amide bonds. The van der Waals surface area contributed by atoms with Gasteiger partial charge in [0.15, 0.2) is 0 Å². The molecule has 0 aromatic heterocycles. The van der Waals surface area contributed by atoms with E-state index in [-0.39, 0.29) is 12.4 Å². The van der Waals surface area contributed by atoms with E-state index in [0.717, 1.165) is 17.6 Å². The van der Waals surface area contributed by atoms with Gasteiger partial charge in [-0.2, -0.15) is 0 Å². The number of rotatable bonds is 4. The van der Waals surface area contributed by atoms with Gasteiger partial charge in [-0.15, -0.1) is 0 Å². The third kappa shape index (κ3) is 4.50. The SMILES string of the molecule is C=Cc1ccc(C[N+](C)(C)CC)cc1.[Cl-]. The Labute approximate surface area is 99.4 Å². The van der Waals surface area contributed by atoms with Gasteiger partial charge in [0.1, 0.15) is 6.54 Å². The van der Waals surface area contributed by atoms with E-state index < -0.39 is 0 Å². The maximum Gasteiger partial charge on any atom is 0.104 e. The first-order valence-corrected chi connectivity index (χ1v) is 5.11. The summed E-state index contributed by atoms with van der Waals surface area (Å²) in [7, 11) is 4.50. The van der Waals surface area contributed by atoms with Crippen molar-refractivity contribution in [3.63, 3.8) is 0 Å². The Morgan fingerprint density at radius 3 is 2.13 bits per heavy atom. The molecule has 0 atom stereocenters. The lowest BCUT2D eigenvalue weighted by atomic mass is 10.1. The average Bonchev–Trinajstić information content (AvgIpc) is 2.19. The van der Waals surface area contributed by atoms with Crippen LogP contribution in [0.3, 0.4) is 0 Å². The normalized spacial score (nSPS) is 10.6. The van der Waals surface area contributed by atoms with Crippen molar-refractivity contribution in [2.24, 2.45) is 0 Å². The van der Waals surface area contributed by atoms with Gasteiger partial charge in [-0.1, -0.05) is 36.9 Å². The van der Waals surface area contributed by atoms with E-state index in [1.54, 1.807) is 0 Å². The molecule has 84 valence electrons. The standard InChI is InChI=1S/C13H20N.ClH/c1-5-12-7-9-13(10-8-12)11-14(3,4)6-2;/h5,7-10H,1,6,11H2,2-4H3;1H/q+1;/p-1. The van der Waals surface area contributed by atoms with Crippen LogP contribution in [0.5, 0.6) is 0 Å². The summed E-state index contributed by atoms with van der Waals surface area (Å²) in [6.45, 7) is 8.21. The molecule has 0 saturated heterocycles. The Kier molecular flexibility index (Phi) is 5.63. The molecule has 0 spiro atoms. The molecule has 0 aliphatic heterocycles. The molecule has 1 aromatic carbocycles. The molecule has 0 radical (unpaired) electrons. The van der Waals surface area contributed by atoms with Crippen LogP contribution in [-0.4, -0.2) is 25.1 Å². The summed E-state index contributed by atoms with van der Waals surface area (Å²) in [5.74, 6) is 0. The van der Waals surface area contributed by atoms with Gasteiger partial charge in [-0.05, 0) is 12.5 Å². The van der Waals surface area contributed by atoms with Gasteiger partial charge in [0.25, 0.3) is 0 Å². The zero-order chi connectivity index (χ0) is 10.6. The highest BCUT2D eigenvalue weighted by atomic mass is 35.5. The van der Waals surface area contributed by atoms with Gasteiger partial charge in [0, 0.05) is 5.56 Å². The fraction of sp³-hybridized carbons (Fsp3) is 0.385. The first kappa shape index (κ1) is 14.2. The largest absolute Gasteiger partial charge is 1.00 e. The summed E-state index contributed by atoms with van der Waals surface area (Å²) in [6, 6.07) is 8.62. The lowest BCUT2D eigenvalue weighted by Crippen LogP contribution is -3.00. The second-order valence-electron chi connectivity index (χ2n) is 4.36. The molecule has 1 aromatic rings. The van der Waals surface area contributed by atoms with Crippen molar-refractivity contribution in [1.82, 2.24) is 0 Å². The van der Waals surface area contributed by atoms with E-state index in [1.807, 2.05) is 6.08 Å². The topological polar surface area (TPSA) is 0 Å².